The highest BCUT2D eigenvalue weighted by atomic mass is 35.5. The van der Waals surface area contributed by atoms with Gasteiger partial charge in [-0.2, -0.15) is 0 Å². The van der Waals surface area contributed by atoms with Crippen LogP contribution in [0.3, 0.4) is 0 Å². The Morgan fingerprint density at radius 3 is 2.50 bits per heavy atom. The van der Waals surface area contributed by atoms with Crippen LogP contribution in [0, 0.1) is 11.8 Å². The number of thioether (sulfide) groups is 1. The number of hydrogen-bond donors (Lipinski definition) is 1. The average Bonchev–Trinajstić information content (AvgIpc) is 3.18. The van der Waals surface area contributed by atoms with Crippen LogP contribution in [0.25, 0.3) is 0 Å². The molecule has 4 aliphatic rings. The van der Waals surface area contributed by atoms with Gasteiger partial charge >= 0.3 is 0 Å². The normalized spacial score (nSPS) is 31.4. The van der Waals surface area contributed by atoms with Crippen molar-refractivity contribution in [2.45, 2.75) is 41.7 Å². The summed E-state index contributed by atoms with van der Waals surface area (Å²) in [5.74, 6) is -1.33. The fraction of sp³-hybridized carbons (Fsp3) is 0.519. The second-order valence-electron chi connectivity index (χ2n) is 9.99. The summed E-state index contributed by atoms with van der Waals surface area (Å²) in [6.07, 6.45) is 11.3. The van der Waals surface area contributed by atoms with Crippen molar-refractivity contribution < 1.29 is 19.5 Å². The third kappa shape index (κ3) is 4.17. The number of unbranched alkanes of at least 4 members (excludes halogenated alkanes) is 3. The van der Waals surface area contributed by atoms with Crippen LogP contribution in [-0.4, -0.2) is 82.0 Å². The first-order chi connectivity index (χ1) is 17.4. The Labute approximate surface area is 221 Å². The van der Waals surface area contributed by atoms with E-state index in [1.54, 1.807) is 45.6 Å². The maximum Gasteiger partial charge on any atom is 0.251 e. The van der Waals surface area contributed by atoms with Gasteiger partial charge in [-0.05, 0) is 37.1 Å². The molecule has 9 heteroatoms. The van der Waals surface area contributed by atoms with Gasteiger partial charge in [-0.15, -0.1) is 11.8 Å². The minimum absolute atomic E-state index is 0.0316. The molecule has 1 unspecified atom stereocenters. The molecule has 0 bridgehead atoms. The summed E-state index contributed by atoms with van der Waals surface area (Å²) < 4.78 is -0.798. The summed E-state index contributed by atoms with van der Waals surface area (Å²) >= 11 is 7.70. The lowest BCUT2D eigenvalue weighted by molar-refractivity contribution is -0.142. The van der Waals surface area contributed by atoms with E-state index in [0.717, 1.165) is 31.4 Å². The number of likely N-dealkylation sites (N-methyl/N-ethyl adjacent to an activating group) is 1. The van der Waals surface area contributed by atoms with Crippen LogP contribution in [0.1, 0.15) is 25.7 Å². The number of aliphatic hydroxyl groups excluding tert-OH is 1. The van der Waals surface area contributed by atoms with Crippen molar-refractivity contribution >= 4 is 46.8 Å². The number of rotatable bonds is 7. The fourth-order valence-electron chi connectivity index (χ4n) is 6.10. The number of anilines is 1. The van der Waals surface area contributed by atoms with Crippen molar-refractivity contribution in [3.63, 3.8) is 0 Å². The minimum Gasteiger partial charge on any atom is -0.396 e. The lowest BCUT2D eigenvalue weighted by Crippen LogP contribution is -2.53. The van der Waals surface area contributed by atoms with E-state index >= 15 is 0 Å². The van der Waals surface area contributed by atoms with Gasteiger partial charge in [0.2, 0.25) is 11.8 Å². The summed E-state index contributed by atoms with van der Waals surface area (Å²) in [6.45, 7) is 1.53. The van der Waals surface area contributed by atoms with Gasteiger partial charge in [0.1, 0.15) is 6.04 Å². The van der Waals surface area contributed by atoms with E-state index in [4.69, 9.17) is 16.7 Å². The summed E-state index contributed by atoms with van der Waals surface area (Å²) in [5, 5.41) is 9.55. The fourth-order valence-corrected chi connectivity index (χ4v) is 8.24. The standard InChI is InChI=1S/C27H32ClN3O4S/c1-29-14-6-8-20-21(24(29)33)22-25(34)31(15-4-2-3-5-17-32)23-26(35)30(16-7-13-27(22,23)36-20)19-11-9-18(28)10-12-19/h6-13,20-23,32H,2-5,14-17H2,1H3/t20-,21+,22+,23?,27+/m1/s1. The highest BCUT2D eigenvalue weighted by Crippen LogP contribution is 2.61. The molecular formula is C27H32ClN3O4S. The lowest BCUT2D eigenvalue weighted by atomic mass is 9.78. The number of carbonyl (C=O) groups is 3. The second-order valence-corrected chi connectivity index (χ2v) is 11.9. The SMILES string of the molecule is CN1CC=C[C@H]2S[C@]34C=CCN(c5ccc(Cl)cc5)C(=O)C3N(CCCCCCO)C(=O)[C@@H]4[C@H]2C1=O. The third-order valence-corrected chi connectivity index (χ3v) is 9.80. The highest BCUT2D eigenvalue weighted by molar-refractivity contribution is 8.02. The summed E-state index contributed by atoms with van der Waals surface area (Å²) in [4.78, 5) is 47.0. The molecule has 4 aliphatic heterocycles. The second kappa shape index (κ2) is 10.2. The number of fused-ring (bicyclic) bond motifs is 2. The number of carbonyl (C=O) groups excluding carboxylic acids is 3. The molecule has 192 valence electrons. The van der Waals surface area contributed by atoms with Gasteiger partial charge in [0, 0.05) is 49.2 Å². The Balaban J connectivity index is 1.53. The van der Waals surface area contributed by atoms with Crippen LogP contribution in [0.2, 0.25) is 5.02 Å². The number of nitrogens with zero attached hydrogens (tertiary/aromatic N) is 3. The van der Waals surface area contributed by atoms with Crippen LogP contribution in [0.15, 0.2) is 48.6 Å². The van der Waals surface area contributed by atoms with Crippen LogP contribution in [0.4, 0.5) is 5.69 Å². The van der Waals surface area contributed by atoms with Crippen molar-refractivity contribution in [3.05, 3.63) is 53.6 Å². The number of likely N-dealkylation sites (tertiary alicyclic amines) is 1. The Morgan fingerprint density at radius 2 is 1.75 bits per heavy atom. The minimum atomic E-state index is -0.798. The Bertz CT molecular complexity index is 1090. The zero-order valence-corrected chi connectivity index (χ0v) is 22.0. The number of amides is 3. The van der Waals surface area contributed by atoms with E-state index in [1.165, 1.54) is 0 Å². The molecular weight excluding hydrogens is 498 g/mol. The molecule has 1 aromatic rings. The van der Waals surface area contributed by atoms with Crippen molar-refractivity contribution in [2.24, 2.45) is 11.8 Å². The first-order valence-corrected chi connectivity index (χ1v) is 13.9. The summed E-state index contributed by atoms with van der Waals surface area (Å²) in [5.41, 5.74) is 0.734. The van der Waals surface area contributed by atoms with E-state index in [9.17, 15) is 14.4 Å². The molecule has 7 nitrogen and oxygen atoms in total. The molecule has 1 spiro atoms. The van der Waals surface area contributed by atoms with Crippen molar-refractivity contribution in [1.29, 1.82) is 0 Å². The predicted octanol–water partition coefficient (Wildman–Crippen LogP) is 3.12. The zero-order chi connectivity index (χ0) is 25.4. The molecule has 0 saturated carbocycles. The predicted molar refractivity (Wildman–Crippen MR) is 142 cm³/mol. The van der Waals surface area contributed by atoms with Crippen LogP contribution < -0.4 is 4.90 Å². The Morgan fingerprint density at radius 1 is 1.00 bits per heavy atom. The van der Waals surface area contributed by atoms with Crippen LogP contribution in [-0.2, 0) is 14.4 Å². The van der Waals surface area contributed by atoms with Gasteiger partial charge in [0.25, 0.3) is 5.91 Å². The molecule has 3 amide bonds. The third-order valence-electron chi connectivity index (χ3n) is 7.81. The number of benzene rings is 1. The van der Waals surface area contributed by atoms with Gasteiger partial charge in [-0.25, -0.2) is 0 Å². The summed E-state index contributed by atoms with van der Waals surface area (Å²) in [6, 6.07) is 6.49. The first-order valence-electron chi connectivity index (χ1n) is 12.6. The molecule has 0 aromatic heterocycles. The molecule has 1 aromatic carbocycles. The van der Waals surface area contributed by atoms with Gasteiger partial charge < -0.3 is 19.8 Å². The maximum absolute atomic E-state index is 14.3. The van der Waals surface area contributed by atoms with Crippen LogP contribution >= 0.6 is 23.4 Å². The monoisotopic (exact) mass is 529 g/mol. The Hall–Kier alpha value is -2.29. The molecule has 2 fully saturated rings. The van der Waals surface area contributed by atoms with E-state index in [2.05, 4.69) is 0 Å². The molecule has 36 heavy (non-hydrogen) atoms. The molecule has 5 atom stereocenters. The van der Waals surface area contributed by atoms with E-state index in [-0.39, 0.29) is 29.6 Å². The van der Waals surface area contributed by atoms with Crippen molar-refractivity contribution in [1.82, 2.24) is 9.80 Å². The highest BCUT2D eigenvalue weighted by Gasteiger charge is 2.70. The van der Waals surface area contributed by atoms with Gasteiger partial charge in [0.15, 0.2) is 0 Å². The quantitative estimate of drug-likeness (QED) is 0.433. The molecule has 0 radical (unpaired) electrons. The number of halogens is 1. The first kappa shape index (κ1) is 25.4. The molecule has 0 aliphatic carbocycles. The van der Waals surface area contributed by atoms with Gasteiger partial charge in [-0.1, -0.05) is 48.7 Å². The van der Waals surface area contributed by atoms with E-state index in [0.29, 0.717) is 24.7 Å². The van der Waals surface area contributed by atoms with Crippen molar-refractivity contribution in [3.8, 4) is 0 Å². The zero-order valence-electron chi connectivity index (χ0n) is 20.4. The van der Waals surface area contributed by atoms with E-state index in [1.807, 2.05) is 36.4 Å². The Kier molecular flexibility index (Phi) is 7.21. The van der Waals surface area contributed by atoms with Crippen molar-refractivity contribution in [2.75, 3.05) is 38.2 Å². The van der Waals surface area contributed by atoms with Crippen LogP contribution in [0.5, 0.6) is 0 Å². The average molecular weight is 530 g/mol. The van der Waals surface area contributed by atoms with Gasteiger partial charge in [-0.3, -0.25) is 14.4 Å². The molecule has 2 saturated heterocycles. The molecule has 5 rings (SSSR count). The topological polar surface area (TPSA) is 81.2 Å². The number of hydrogen-bond acceptors (Lipinski definition) is 5. The van der Waals surface area contributed by atoms with E-state index < -0.39 is 22.6 Å². The number of aliphatic hydroxyl groups is 1. The largest absolute Gasteiger partial charge is 0.396 e. The lowest BCUT2D eigenvalue weighted by Gasteiger charge is -2.35. The smallest absolute Gasteiger partial charge is 0.251 e. The molecule has 1 N–H and O–H groups in total. The molecule has 4 heterocycles. The van der Waals surface area contributed by atoms with Gasteiger partial charge in [0.05, 0.1) is 16.6 Å². The maximum atomic E-state index is 14.3. The summed E-state index contributed by atoms with van der Waals surface area (Å²) in [7, 11) is 1.77.